The highest BCUT2D eigenvalue weighted by Crippen LogP contribution is 2.13. The molecule has 76 valence electrons. The molecule has 0 heterocycles. The van der Waals surface area contributed by atoms with E-state index in [0.717, 1.165) is 0 Å². The van der Waals surface area contributed by atoms with Crippen LogP contribution in [0.15, 0.2) is 0 Å². The number of rotatable bonds is 3. The van der Waals surface area contributed by atoms with Gasteiger partial charge in [-0.25, -0.2) is 0 Å². The zero-order valence-electron chi connectivity index (χ0n) is 7.29. The Morgan fingerprint density at radius 2 is 1.92 bits per heavy atom. The average Bonchev–Trinajstić information content (AvgIpc) is 2.12. The molecule has 0 saturated heterocycles. The maximum absolute atomic E-state index is 11.2. The fraction of sp³-hybridized carbons (Fsp3) is 0.667. The number of amides is 1. The lowest BCUT2D eigenvalue weighted by molar-refractivity contribution is -0.135. The van der Waals surface area contributed by atoms with E-state index >= 15 is 0 Å². The highest BCUT2D eigenvalue weighted by molar-refractivity contribution is 5.85. The molecule has 0 aromatic rings. The van der Waals surface area contributed by atoms with E-state index in [9.17, 15) is 4.79 Å². The van der Waals surface area contributed by atoms with Gasteiger partial charge in [0.25, 0.3) is 0 Å². The Bertz CT molecular complexity index is 202. The second kappa shape index (κ2) is 4.63. The molecule has 0 aliphatic carbocycles. The second-order valence-corrected chi connectivity index (χ2v) is 2.87. The van der Waals surface area contributed by atoms with Crippen molar-refractivity contribution in [2.75, 3.05) is 13.2 Å². The monoisotopic (exact) mass is 190 g/mol. The van der Waals surface area contributed by atoms with E-state index in [0.29, 0.717) is 0 Å². The van der Waals surface area contributed by atoms with E-state index in [1.165, 1.54) is 6.92 Å². The Morgan fingerprint density at radius 1 is 1.46 bits per heavy atom. The van der Waals surface area contributed by atoms with Gasteiger partial charge < -0.3 is 15.9 Å². The molecule has 7 heteroatoms. The minimum atomic E-state index is -1.28. The maximum Gasteiger partial charge on any atom is 0.248 e. The summed E-state index contributed by atoms with van der Waals surface area (Å²) in [6, 6.07) is 0. The van der Waals surface area contributed by atoms with Gasteiger partial charge in [-0.15, -0.1) is 0 Å². The summed E-state index contributed by atoms with van der Waals surface area (Å²) in [5.41, 5.74) is 7.75. The first-order valence-electron chi connectivity index (χ1n) is 3.58. The summed E-state index contributed by atoms with van der Waals surface area (Å²) >= 11 is 0. The fourth-order valence-electron chi connectivity index (χ4n) is 0.469. The molecule has 0 unspecified atom stereocenters. The Kier molecular flexibility index (Phi) is 4.15. The van der Waals surface area contributed by atoms with Gasteiger partial charge in [-0.1, -0.05) is 0 Å². The Hall–Kier alpha value is -1.34. The van der Waals surface area contributed by atoms with Crippen molar-refractivity contribution in [3.8, 4) is 0 Å². The standard InChI is InChI=1S/C6H14N4O3/c1-6(2-11,3-12)4(13)9-10-5(7)8/h11-12H,2-3H2,1H3,(H,9,13)(H4,7,8,10). The third-order valence-corrected chi connectivity index (χ3v) is 1.56. The van der Waals surface area contributed by atoms with Crippen LogP contribution in [-0.4, -0.2) is 35.3 Å². The zero-order valence-corrected chi connectivity index (χ0v) is 7.29. The molecule has 0 atom stereocenters. The van der Waals surface area contributed by atoms with E-state index in [1.54, 1.807) is 0 Å². The van der Waals surface area contributed by atoms with Gasteiger partial charge in [-0.2, -0.15) is 0 Å². The van der Waals surface area contributed by atoms with Crippen molar-refractivity contribution in [3.05, 3.63) is 0 Å². The third kappa shape index (κ3) is 3.26. The van der Waals surface area contributed by atoms with Gasteiger partial charge in [0.1, 0.15) is 0 Å². The largest absolute Gasteiger partial charge is 0.395 e. The summed E-state index contributed by atoms with van der Waals surface area (Å²) < 4.78 is 0. The van der Waals surface area contributed by atoms with Crippen molar-refractivity contribution in [1.82, 2.24) is 10.9 Å². The number of carbonyl (C=O) groups is 1. The summed E-state index contributed by atoms with van der Waals surface area (Å²) in [5.74, 6) is -1.06. The smallest absolute Gasteiger partial charge is 0.248 e. The van der Waals surface area contributed by atoms with E-state index in [-0.39, 0.29) is 0 Å². The number of hydrogen-bond acceptors (Lipinski definition) is 4. The van der Waals surface area contributed by atoms with Crippen LogP contribution in [0, 0.1) is 10.8 Å². The van der Waals surface area contributed by atoms with Crippen LogP contribution in [0.25, 0.3) is 0 Å². The van der Waals surface area contributed by atoms with Gasteiger partial charge in [0.15, 0.2) is 0 Å². The summed E-state index contributed by atoms with van der Waals surface area (Å²) in [5, 5.41) is 24.3. The highest BCUT2D eigenvalue weighted by Gasteiger charge is 2.31. The SMILES string of the molecule is CC(CO)(CO)C(=O)NNC(=N)N. The molecule has 13 heavy (non-hydrogen) atoms. The van der Waals surface area contributed by atoms with Crippen molar-refractivity contribution in [3.63, 3.8) is 0 Å². The van der Waals surface area contributed by atoms with Crippen LogP contribution in [0.1, 0.15) is 6.92 Å². The first-order valence-corrected chi connectivity index (χ1v) is 3.58. The predicted octanol–water partition coefficient (Wildman–Crippen LogP) is -2.51. The van der Waals surface area contributed by atoms with E-state index < -0.39 is 30.5 Å². The quantitative estimate of drug-likeness (QED) is 0.166. The number of aliphatic hydroxyl groups is 2. The van der Waals surface area contributed by atoms with Crippen molar-refractivity contribution in [1.29, 1.82) is 5.41 Å². The molecular formula is C6H14N4O3. The van der Waals surface area contributed by atoms with Gasteiger partial charge in [0.05, 0.1) is 18.6 Å². The van der Waals surface area contributed by atoms with Crippen LogP contribution in [0.3, 0.4) is 0 Å². The summed E-state index contributed by atoms with van der Waals surface area (Å²) in [6.07, 6.45) is 0. The van der Waals surface area contributed by atoms with Gasteiger partial charge in [0.2, 0.25) is 11.9 Å². The van der Waals surface area contributed by atoms with Gasteiger partial charge in [0, 0.05) is 0 Å². The van der Waals surface area contributed by atoms with Gasteiger partial charge in [-0.3, -0.25) is 21.1 Å². The lowest BCUT2D eigenvalue weighted by atomic mass is 9.92. The number of guanidine groups is 1. The second-order valence-electron chi connectivity index (χ2n) is 2.87. The zero-order chi connectivity index (χ0) is 10.5. The molecule has 0 aromatic carbocycles. The molecule has 0 aromatic heterocycles. The maximum atomic E-state index is 11.2. The minimum absolute atomic E-state index is 0.424. The topological polar surface area (TPSA) is 131 Å². The number of aliphatic hydroxyl groups excluding tert-OH is 2. The first-order chi connectivity index (χ1) is 5.96. The van der Waals surface area contributed by atoms with Gasteiger partial charge >= 0.3 is 0 Å². The summed E-state index contributed by atoms with van der Waals surface area (Å²) in [7, 11) is 0. The molecular weight excluding hydrogens is 176 g/mol. The number of carbonyl (C=O) groups excluding carboxylic acids is 1. The van der Waals surface area contributed by atoms with Gasteiger partial charge in [-0.05, 0) is 6.92 Å². The van der Waals surface area contributed by atoms with E-state index in [4.69, 9.17) is 21.4 Å². The Labute approximate surface area is 75.4 Å². The van der Waals surface area contributed by atoms with Crippen LogP contribution in [0.5, 0.6) is 0 Å². The minimum Gasteiger partial charge on any atom is -0.395 e. The summed E-state index contributed by atoms with van der Waals surface area (Å²) in [4.78, 5) is 11.2. The third-order valence-electron chi connectivity index (χ3n) is 1.56. The van der Waals surface area contributed by atoms with Crippen molar-refractivity contribution >= 4 is 11.9 Å². The predicted molar refractivity (Wildman–Crippen MR) is 45.5 cm³/mol. The van der Waals surface area contributed by atoms with Crippen LogP contribution in [0.4, 0.5) is 0 Å². The van der Waals surface area contributed by atoms with E-state index in [2.05, 4.69) is 10.9 Å². The molecule has 0 bridgehead atoms. The molecule has 7 nitrogen and oxygen atoms in total. The molecule has 0 rings (SSSR count). The first kappa shape index (κ1) is 11.7. The molecule has 0 saturated carbocycles. The Morgan fingerprint density at radius 3 is 2.23 bits per heavy atom. The molecule has 0 radical (unpaired) electrons. The van der Waals surface area contributed by atoms with Crippen LogP contribution < -0.4 is 16.6 Å². The lowest BCUT2D eigenvalue weighted by Gasteiger charge is -2.23. The molecule has 0 aliphatic heterocycles. The van der Waals surface area contributed by atoms with Crippen LogP contribution in [0.2, 0.25) is 0 Å². The number of nitrogens with one attached hydrogen (secondary N) is 3. The highest BCUT2D eigenvalue weighted by atomic mass is 16.3. The molecule has 0 fully saturated rings. The molecule has 0 spiro atoms. The fourth-order valence-corrected chi connectivity index (χ4v) is 0.469. The van der Waals surface area contributed by atoms with E-state index in [1.807, 2.05) is 0 Å². The number of hydrazine groups is 1. The normalized spacial score (nSPS) is 10.7. The average molecular weight is 190 g/mol. The summed E-state index contributed by atoms with van der Waals surface area (Å²) in [6.45, 7) is 0.397. The van der Waals surface area contributed by atoms with Crippen LogP contribution in [-0.2, 0) is 4.79 Å². The molecule has 7 N–H and O–H groups in total. The Balaban J connectivity index is 4.15. The van der Waals surface area contributed by atoms with Crippen molar-refractivity contribution < 1.29 is 15.0 Å². The molecule has 0 aliphatic rings. The number of hydrogen-bond donors (Lipinski definition) is 6. The van der Waals surface area contributed by atoms with Crippen molar-refractivity contribution in [2.24, 2.45) is 11.1 Å². The van der Waals surface area contributed by atoms with Crippen molar-refractivity contribution in [2.45, 2.75) is 6.92 Å². The lowest BCUT2D eigenvalue weighted by Crippen LogP contribution is -2.52. The molecule has 1 amide bonds. The van der Waals surface area contributed by atoms with Crippen LogP contribution >= 0.6 is 0 Å². The number of nitrogens with two attached hydrogens (primary N) is 1.